The molecule has 3 heterocycles. The van der Waals surface area contributed by atoms with E-state index in [4.69, 9.17) is 11.6 Å². The van der Waals surface area contributed by atoms with Crippen molar-refractivity contribution in [3.05, 3.63) is 23.4 Å². The molecule has 2 aromatic rings. The highest BCUT2D eigenvalue weighted by molar-refractivity contribution is 6.30. The third kappa shape index (κ3) is 2.42. The molecule has 0 aromatic carbocycles. The molecule has 1 fully saturated rings. The van der Waals surface area contributed by atoms with E-state index in [2.05, 4.69) is 27.3 Å². The Morgan fingerprint density at radius 2 is 2.33 bits per heavy atom. The Balaban J connectivity index is 1.78. The fourth-order valence-corrected chi connectivity index (χ4v) is 2.54. The predicted molar refractivity (Wildman–Crippen MR) is 72.1 cm³/mol. The highest BCUT2D eigenvalue weighted by Gasteiger charge is 2.18. The van der Waals surface area contributed by atoms with Gasteiger partial charge in [-0.25, -0.2) is 4.52 Å². The molecule has 1 unspecified atom stereocenters. The second kappa shape index (κ2) is 4.74. The van der Waals surface area contributed by atoms with Gasteiger partial charge in [0, 0.05) is 18.8 Å². The summed E-state index contributed by atoms with van der Waals surface area (Å²) in [6.07, 6.45) is 4.15. The molecule has 2 aromatic heterocycles. The molecule has 1 saturated heterocycles. The van der Waals surface area contributed by atoms with Crippen LogP contribution < -0.4 is 5.32 Å². The van der Waals surface area contributed by atoms with E-state index in [1.54, 1.807) is 10.7 Å². The summed E-state index contributed by atoms with van der Waals surface area (Å²) in [5, 5.41) is 8.44. The van der Waals surface area contributed by atoms with Gasteiger partial charge in [-0.2, -0.15) is 4.98 Å². The first kappa shape index (κ1) is 11.7. The van der Waals surface area contributed by atoms with Crippen LogP contribution in [0.15, 0.2) is 18.3 Å². The fourth-order valence-electron chi connectivity index (χ4n) is 2.39. The van der Waals surface area contributed by atoms with Crippen LogP contribution in [-0.4, -0.2) is 45.7 Å². The Labute approximate surface area is 111 Å². The zero-order valence-electron chi connectivity index (χ0n) is 10.3. The van der Waals surface area contributed by atoms with Crippen LogP contribution in [0.2, 0.25) is 5.02 Å². The minimum Gasteiger partial charge on any atom is -0.349 e. The third-order valence-electron chi connectivity index (χ3n) is 3.25. The van der Waals surface area contributed by atoms with Crippen LogP contribution in [0.25, 0.3) is 5.65 Å². The van der Waals surface area contributed by atoms with Crippen LogP contribution in [0, 0.1) is 0 Å². The van der Waals surface area contributed by atoms with Crippen LogP contribution in [-0.2, 0) is 0 Å². The molecule has 0 bridgehead atoms. The van der Waals surface area contributed by atoms with Gasteiger partial charge < -0.3 is 10.2 Å². The first-order valence-electron chi connectivity index (χ1n) is 6.18. The lowest BCUT2D eigenvalue weighted by atomic mass is 10.1. The number of likely N-dealkylation sites (N-methyl/N-ethyl adjacent to an activating group) is 1. The van der Waals surface area contributed by atoms with Crippen LogP contribution in [0.5, 0.6) is 0 Å². The number of pyridine rings is 1. The number of aromatic nitrogens is 3. The van der Waals surface area contributed by atoms with Gasteiger partial charge in [0.2, 0.25) is 5.95 Å². The van der Waals surface area contributed by atoms with E-state index in [9.17, 15) is 0 Å². The van der Waals surface area contributed by atoms with E-state index < -0.39 is 0 Å². The molecule has 0 radical (unpaired) electrons. The second-order valence-electron chi connectivity index (χ2n) is 4.83. The second-order valence-corrected chi connectivity index (χ2v) is 5.27. The zero-order chi connectivity index (χ0) is 12.5. The van der Waals surface area contributed by atoms with Gasteiger partial charge in [0.1, 0.15) is 0 Å². The van der Waals surface area contributed by atoms with Gasteiger partial charge in [0.25, 0.3) is 0 Å². The predicted octanol–water partition coefficient (Wildman–Crippen LogP) is 1.89. The quantitative estimate of drug-likeness (QED) is 0.901. The molecular weight excluding hydrogens is 250 g/mol. The van der Waals surface area contributed by atoms with Crippen LogP contribution in [0.4, 0.5) is 5.95 Å². The van der Waals surface area contributed by atoms with E-state index in [1.165, 1.54) is 19.4 Å². The van der Waals surface area contributed by atoms with Gasteiger partial charge in [-0.05, 0) is 38.6 Å². The molecule has 6 heteroatoms. The number of rotatable bonds is 2. The number of fused-ring (bicyclic) bond motifs is 1. The lowest BCUT2D eigenvalue weighted by Gasteiger charge is -2.29. The van der Waals surface area contributed by atoms with E-state index in [0.717, 1.165) is 12.2 Å². The van der Waals surface area contributed by atoms with Crippen LogP contribution in [0.1, 0.15) is 12.8 Å². The third-order valence-corrected chi connectivity index (χ3v) is 3.48. The Hall–Kier alpha value is -1.33. The molecule has 3 rings (SSSR count). The number of hydrogen-bond donors (Lipinski definition) is 1. The summed E-state index contributed by atoms with van der Waals surface area (Å²) in [7, 11) is 2.14. The number of piperidine rings is 1. The minimum absolute atomic E-state index is 0.427. The summed E-state index contributed by atoms with van der Waals surface area (Å²) in [5.41, 5.74) is 0.811. The number of hydrogen-bond acceptors (Lipinski definition) is 4. The van der Waals surface area contributed by atoms with Crippen LogP contribution in [0.3, 0.4) is 0 Å². The lowest BCUT2D eigenvalue weighted by Crippen LogP contribution is -2.39. The van der Waals surface area contributed by atoms with Crippen molar-refractivity contribution in [3.63, 3.8) is 0 Å². The highest BCUT2D eigenvalue weighted by Crippen LogP contribution is 2.15. The Morgan fingerprint density at radius 1 is 1.44 bits per heavy atom. The maximum atomic E-state index is 5.92. The smallest absolute Gasteiger partial charge is 0.243 e. The first-order chi connectivity index (χ1) is 8.70. The highest BCUT2D eigenvalue weighted by atomic mass is 35.5. The molecule has 0 saturated carbocycles. The van der Waals surface area contributed by atoms with Crippen LogP contribution >= 0.6 is 11.6 Å². The molecule has 0 aliphatic carbocycles. The number of halogens is 1. The largest absolute Gasteiger partial charge is 0.349 e. The fraction of sp³-hybridized carbons (Fsp3) is 0.500. The number of anilines is 1. The molecule has 1 atom stereocenters. The summed E-state index contributed by atoms with van der Waals surface area (Å²) >= 11 is 5.92. The normalized spacial score (nSPS) is 21.3. The molecular formula is C12H16ClN5. The Kier molecular flexibility index (Phi) is 3.09. The molecule has 96 valence electrons. The van der Waals surface area contributed by atoms with Gasteiger partial charge >= 0.3 is 0 Å². The average molecular weight is 266 g/mol. The molecule has 1 aliphatic rings. The summed E-state index contributed by atoms with van der Waals surface area (Å²) in [4.78, 5) is 6.76. The molecule has 0 amide bonds. The van der Waals surface area contributed by atoms with Crippen molar-refractivity contribution in [3.8, 4) is 0 Å². The van der Waals surface area contributed by atoms with Crippen molar-refractivity contribution in [2.45, 2.75) is 18.9 Å². The Morgan fingerprint density at radius 3 is 3.17 bits per heavy atom. The van der Waals surface area contributed by atoms with Crippen molar-refractivity contribution in [2.24, 2.45) is 0 Å². The van der Waals surface area contributed by atoms with Crippen molar-refractivity contribution in [1.82, 2.24) is 19.5 Å². The summed E-state index contributed by atoms with van der Waals surface area (Å²) < 4.78 is 1.71. The zero-order valence-corrected chi connectivity index (χ0v) is 11.1. The topological polar surface area (TPSA) is 45.5 Å². The molecule has 1 aliphatic heterocycles. The minimum atomic E-state index is 0.427. The summed E-state index contributed by atoms with van der Waals surface area (Å²) in [6.45, 7) is 2.21. The maximum absolute atomic E-state index is 5.92. The first-order valence-corrected chi connectivity index (χ1v) is 6.55. The van der Waals surface area contributed by atoms with Gasteiger partial charge in [-0.15, -0.1) is 5.10 Å². The molecule has 18 heavy (non-hydrogen) atoms. The maximum Gasteiger partial charge on any atom is 0.243 e. The number of nitrogens with zero attached hydrogens (tertiary/aromatic N) is 4. The monoisotopic (exact) mass is 265 g/mol. The van der Waals surface area contributed by atoms with Gasteiger partial charge in [-0.1, -0.05) is 11.6 Å². The van der Waals surface area contributed by atoms with E-state index in [1.807, 2.05) is 12.1 Å². The van der Waals surface area contributed by atoms with Gasteiger partial charge in [-0.3, -0.25) is 0 Å². The number of nitrogens with one attached hydrogen (secondary N) is 1. The van der Waals surface area contributed by atoms with Gasteiger partial charge in [0.05, 0.1) is 5.02 Å². The summed E-state index contributed by atoms with van der Waals surface area (Å²) in [5.74, 6) is 0.678. The van der Waals surface area contributed by atoms with E-state index in [-0.39, 0.29) is 0 Å². The van der Waals surface area contributed by atoms with Crippen molar-refractivity contribution in [2.75, 3.05) is 25.5 Å². The van der Waals surface area contributed by atoms with E-state index in [0.29, 0.717) is 17.0 Å². The molecule has 1 N–H and O–H groups in total. The standard InChI is InChI=1S/C12H16ClN5/c1-17-6-2-3-10(8-17)14-12-15-11-5-4-9(13)7-18(11)16-12/h4-5,7,10H,2-3,6,8H2,1H3,(H,14,16). The number of likely N-dealkylation sites (tertiary alicyclic amines) is 1. The van der Waals surface area contributed by atoms with Crippen molar-refractivity contribution < 1.29 is 0 Å². The average Bonchev–Trinajstić information content (AvgIpc) is 2.70. The van der Waals surface area contributed by atoms with E-state index >= 15 is 0 Å². The van der Waals surface area contributed by atoms with Crippen molar-refractivity contribution in [1.29, 1.82) is 0 Å². The Bertz CT molecular complexity index is 552. The van der Waals surface area contributed by atoms with Crippen molar-refractivity contribution >= 4 is 23.2 Å². The van der Waals surface area contributed by atoms with Gasteiger partial charge in [0.15, 0.2) is 5.65 Å². The molecule has 5 nitrogen and oxygen atoms in total. The molecule has 0 spiro atoms. The summed E-state index contributed by atoms with van der Waals surface area (Å²) in [6, 6.07) is 4.12. The lowest BCUT2D eigenvalue weighted by molar-refractivity contribution is 0.260. The SMILES string of the molecule is CN1CCCC(Nc2nc3ccc(Cl)cn3n2)C1.